The van der Waals surface area contributed by atoms with Crippen molar-refractivity contribution < 1.29 is 22.5 Å². The van der Waals surface area contributed by atoms with Gasteiger partial charge in [-0.2, -0.15) is 0 Å². The molecule has 0 bridgehead atoms. The molecule has 29 heavy (non-hydrogen) atoms. The molecule has 3 rings (SSSR count). The second-order valence-corrected chi connectivity index (χ2v) is 9.68. The van der Waals surface area contributed by atoms with Crippen molar-refractivity contribution in [2.45, 2.75) is 56.9 Å². The van der Waals surface area contributed by atoms with E-state index in [2.05, 4.69) is 9.88 Å². The lowest BCUT2D eigenvalue weighted by Gasteiger charge is -2.51. The van der Waals surface area contributed by atoms with E-state index >= 15 is 0 Å². The van der Waals surface area contributed by atoms with Crippen molar-refractivity contribution >= 4 is 21.8 Å². The minimum absolute atomic E-state index is 0.0969. The molecule has 0 aliphatic carbocycles. The summed E-state index contributed by atoms with van der Waals surface area (Å²) < 4.78 is 32.4. The number of amides is 2. The summed E-state index contributed by atoms with van der Waals surface area (Å²) in [6, 6.07) is 9.28. The highest BCUT2D eigenvalue weighted by Crippen LogP contribution is 2.37. The zero-order chi connectivity index (χ0) is 21.6. The van der Waals surface area contributed by atoms with Gasteiger partial charge in [-0.15, -0.1) is 0 Å². The molecule has 1 aromatic heterocycles. The zero-order valence-electron chi connectivity index (χ0n) is 17.1. The van der Waals surface area contributed by atoms with E-state index in [9.17, 15) is 18.0 Å². The Labute approximate surface area is 170 Å². The highest BCUT2D eigenvalue weighted by Gasteiger charge is 2.53. The molecular weight excluding hydrogens is 394 g/mol. The first kappa shape index (κ1) is 21.0. The van der Waals surface area contributed by atoms with Crippen LogP contribution >= 0.6 is 0 Å². The summed E-state index contributed by atoms with van der Waals surface area (Å²) in [6.07, 6.45) is 0.368. The third-order valence-corrected chi connectivity index (χ3v) is 7.22. The first-order valence-electron chi connectivity index (χ1n) is 9.29. The van der Waals surface area contributed by atoms with Crippen LogP contribution < -0.4 is 4.72 Å². The largest absolute Gasteiger partial charge is 0.360 e. The molecule has 1 saturated heterocycles. The fourth-order valence-electron chi connectivity index (χ4n) is 3.58. The number of aromatic nitrogens is 1. The van der Waals surface area contributed by atoms with Gasteiger partial charge in [0, 0.05) is 6.54 Å². The summed E-state index contributed by atoms with van der Waals surface area (Å²) in [4.78, 5) is 27.5. The van der Waals surface area contributed by atoms with Gasteiger partial charge in [-0.25, -0.2) is 13.1 Å². The summed E-state index contributed by atoms with van der Waals surface area (Å²) in [6.45, 7) is 8.49. The molecule has 1 aromatic carbocycles. The van der Waals surface area contributed by atoms with E-state index in [0.29, 0.717) is 13.0 Å². The predicted octanol–water partition coefficient (Wildman–Crippen LogP) is 2.07. The number of aryl methyl sites for hydroxylation is 2. The second-order valence-electron chi connectivity index (χ2n) is 8.06. The van der Waals surface area contributed by atoms with E-state index in [1.807, 2.05) is 30.3 Å². The number of nitrogens with zero attached hydrogens (tertiary/aromatic N) is 2. The van der Waals surface area contributed by atoms with Crippen molar-refractivity contribution in [1.82, 2.24) is 14.8 Å². The van der Waals surface area contributed by atoms with Crippen LogP contribution in [0.4, 0.5) is 0 Å². The van der Waals surface area contributed by atoms with Gasteiger partial charge in [0.05, 0.1) is 5.41 Å². The number of benzene rings is 1. The average molecular weight is 420 g/mol. The van der Waals surface area contributed by atoms with Gasteiger partial charge in [-0.3, -0.25) is 9.59 Å². The van der Waals surface area contributed by atoms with Crippen LogP contribution in [0.5, 0.6) is 0 Å². The SMILES string of the molecule is Cc1noc(C)c1S(=O)(=O)NC(=O)C1(C)CCN1C(=O)C(C)(C)c1ccccc1. The van der Waals surface area contributed by atoms with Crippen LogP contribution in [-0.2, 0) is 25.0 Å². The monoisotopic (exact) mass is 419 g/mol. The number of rotatable bonds is 5. The van der Waals surface area contributed by atoms with Crippen molar-refractivity contribution in [1.29, 1.82) is 0 Å². The number of hydrogen-bond acceptors (Lipinski definition) is 6. The van der Waals surface area contributed by atoms with Crippen LogP contribution in [-0.4, -0.2) is 42.4 Å². The van der Waals surface area contributed by atoms with Gasteiger partial charge in [-0.05, 0) is 46.6 Å². The lowest BCUT2D eigenvalue weighted by Crippen LogP contribution is -2.70. The maximum absolute atomic E-state index is 13.2. The third-order valence-electron chi connectivity index (χ3n) is 5.65. The Bertz CT molecular complexity index is 1040. The van der Waals surface area contributed by atoms with Crippen LogP contribution in [0.15, 0.2) is 39.8 Å². The molecule has 2 heterocycles. The van der Waals surface area contributed by atoms with Crippen molar-refractivity contribution in [3.63, 3.8) is 0 Å². The molecule has 1 fully saturated rings. The molecular formula is C20H25N3O5S. The number of hydrogen-bond donors (Lipinski definition) is 1. The number of nitrogens with one attached hydrogen (secondary N) is 1. The van der Waals surface area contributed by atoms with E-state index in [4.69, 9.17) is 4.52 Å². The van der Waals surface area contributed by atoms with Crippen molar-refractivity contribution in [3.8, 4) is 0 Å². The highest BCUT2D eigenvalue weighted by molar-refractivity contribution is 7.90. The number of carbonyl (C=O) groups excluding carboxylic acids is 2. The Morgan fingerprint density at radius 1 is 1.21 bits per heavy atom. The maximum Gasteiger partial charge on any atom is 0.269 e. The number of sulfonamides is 1. The summed E-state index contributed by atoms with van der Waals surface area (Å²) in [7, 11) is -4.17. The smallest absolute Gasteiger partial charge is 0.269 e. The van der Waals surface area contributed by atoms with E-state index in [1.54, 1.807) is 20.8 Å². The van der Waals surface area contributed by atoms with Crippen molar-refractivity contribution in [3.05, 3.63) is 47.3 Å². The van der Waals surface area contributed by atoms with Gasteiger partial charge >= 0.3 is 0 Å². The molecule has 0 saturated carbocycles. The maximum atomic E-state index is 13.2. The molecule has 1 unspecified atom stereocenters. The lowest BCUT2D eigenvalue weighted by molar-refractivity contribution is -0.160. The Hall–Kier alpha value is -2.68. The third kappa shape index (κ3) is 3.43. The Kier molecular flexibility index (Phi) is 5.06. The van der Waals surface area contributed by atoms with Crippen LogP contribution in [0.1, 0.15) is 44.2 Å². The van der Waals surface area contributed by atoms with Crippen LogP contribution in [0, 0.1) is 13.8 Å². The molecule has 0 radical (unpaired) electrons. The molecule has 8 nitrogen and oxygen atoms in total. The predicted molar refractivity (Wildman–Crippen MR) is 106 cm³/mol. The number of carbonyl (C=O) groups is 2. The van der Waals surface area contributed by atoms with Gasteiger partial charge in [0.15, 0.2) is 10.7 Å². The normalized spacial score (nSPS) is 19.6. The lowest BCUT2D eigenvalue weighted by atomic mass is 9.78. The van der Waals surface area contributed by atoms with Gasteiger partial charge in [0.1, 0.15) is 11.2 Å². The standard InChI is InChI=1S/C20H25N3O5S/c1-13-16(14(2)28-21-13)29(26,27)22-17(24)20(5)11-12-23(20)18(25)19(3,4)15-9-7-6-8-10-15/h6-10H,11-12H2,1-5H3,(H,22,24). The van der Waals surface area contributed by atoms with Crippen LogP contribution in [0.2, 0.25) is 0 Å². The van der Waals surface area contributed by atoms with E-state index in [0.717, 1.165) is 5.56 Å². The van der Waals surface area contributed by atoms with Crippen LogP contribution in [0.3, 0.4) is 0 Å². The fourth-order valence-corrected chi connectivity index (χ4v) is 4.99. The first-order valence-corrected chi connectivity index (χ1v) is 10.8. The van der Waals surface area contributed by atoms with Gasteiger partial charge in [0.2, 0.25) is 5.91 Å². The average Bonchev–Trinajstić information content (AvgIpc) is 2.99. The molecule has 0 spiro atoms. The second kappa shape index (κ2) is 6.98. The minimum Gasteiger partial charge on any atom is -0.360 e. The Balaban J connectivity index is 1.84. The van der Waals surface area contributed by atoms with E-state index < -0.39 is 26.9 Å². The fraction of sp³-hybridized carbons (Fsp3) is 0.450. The summed E-state index contributed by atoms with van der Waals surface area (Å²) in [5.41, 5.74) is -1.12. The molecule has 156 valence electrons. The molecule has 1 atom stereocenters. The van der Waals surface area contributed by atoms with E-state index in [-0.39, 0.29) is 22.3 Å². The zero-order valence-corrected chi connectivity index (χ0v) is 18.0. The first-order chi connectivity index (χ1) is 13.4. The topological polar surface area (TPSA) is 110 Å². The van der Waals surface area contributed by atoms with Gasteiger partial charge in [0.25, 0.3) is 15.9 Å². The molecule has 1 aliphatic rings. The highest BCUT2D eigenvalue weighted by atomic mass is 32.2. The molecule has 1 aliphatic heterocycles. The van der Waals surface area contributed by atoms with Gasteiger partial charge < -0.3 is 9.42 Å². The summed E-state index contributed by atoms with van der Waals surface area (Å²) >= 11 is 0. The van der Waals surface area contributed by atoms with Crippen molar-refractivity contribution in [2.24, 2.45) is 0 Å². The quantitative estimate of drug-likeness (QED) is 0.794. The molecule has 2 amide bonds. The van der Waals surface area contributed by atoms with Crippen LogP contribution in [0.25, 0.3) is 0 Å². The van der Waals surface area contributed by atoms with Gasteiger partial charge in [-0.1, -0.05) is 35.5 Å². The molecule has 1 N–H and O–H groups in total. The molecule has 2 aromatic rings. The molecule has 9 heteroatoms. The minimum atomic E-state index is -4.17. The summed E-state index contributed by atoms with van der Waals surface area (Å²) in [5.74, 6) is -0.886. The Morgan fingerprint density at radius 2 is 1.83 bits per heavy atom. The number of likely N-dealkylation sites (tertiary alicyclic amines) is 1. The summed E-state index contributed by atoms with van der Waals surface area (Å²) in [5, 5.41) is 3.63. The Morgan fingerprint density at radius 3 is 2.31 bits per heavy atom. The van der Waals surface area contributed by atoms with E-state index in [1.165, 1.54) is 18.7 Å². The van der Waals surface area contributed by atoms with Crippen molar-refractivity contribution in [2.75, 3.05) is 6.54 Å².